The fraction of sp³-hybridized carbons (Fsp3) is 0.478. The third-order valence-corrected chi connectivity index (χ3v) is 7.46. The number of aryl methyl sites for hydroxylation is 1. The van der Waals surface area contributed by atoms with Crippen LogP contribution >= 0.6 is 0 Å². The molecule has 1 aliphatic heterocycles. The maximum absolute atomic E-state index is 12.4. The lowest BCUT2D eigenvalue weighted by Crippen LogP contribution is -2.45. The standard InChI is InChI=1S/C23H31N5O3S/c1-27-13-15-28(16-14-27)23-19(3-2-12-24-23)17-25-22(29)11-6-18-4-9-21(10-5-18)32(30,31)26-20-7-8-20/h2-5,9-10,12,20,26H,6-8,11,13-17H2,1H3,(H,25,29). The molecule has 0 bridgehead atoms. The highest BCUT2D eigenvalue weighted by Gasteiger charge is 2.27. The number of amides is 1. The number of piperazine rings is 1. The molecule has 1 amide bonds. The number of likely N-dealkylation sites (N-methyl/N-ethyl adjacent to an activating group) is 1. The lowest BCUT2D eigenvalue weighted by molar-refractivity contribution is -0.121. The van der Waals surface area contributed by atoms with Crippen molar-refractivity contribution in [3.8, 4) is 0 Å². The Bertz CT molecular complexity index is 1030. The number of nitrogens with zero attached hydrogens (tertiary/aromatic N) is 3. The molecule has 0 radical (unpaired) electrons. The molecule has 172 valence electrons. The van der Waals surface area contributed by atoms with Crippen molar-refractivity contribution in [1.82, 2.24) is 19.9 Å². The Balaban J connectivity index is 1.27. The fourth-order valence-corrected chi connectivity index (χ4v) is 5.04. The summed E-state index contributed by atoms with van der Waals surface area (Å²) in [5.41, 5.74) is 1.95. The number of nitrogens with one attached hydrogen (secondary N) is 2. The van der Waals surface area contributed by atoms with E-state index < -0.39 is 10.0 Å². The molecule has 1 aliphatic carbocycles. The number of hydrogen-bond acceptors (Lipinski definition) is 6. The first-order chi connectivity index (χ1) is 15.4. The summed E-state index contributed by atoms with van der Waals surface area (Å²) in [5.74, 6) is 0.905. The van der Waals surface area contributed by atoms with Crippen LogP contribution in [0.25, 0.3) is 0 Å². The van der Waals surface area contributed by atoms with Gasteiger partial charge in [0.15, 0.2) is 0 Å². The van der Waals surface area contributed by atoms with Gasteiger partial charge >= 0.3 is 0 Å². The van der Waals surface area contributed by atoms with Crippen molar-refractivity contribution in [3.63, 3.8) is 0 Å². The van der Waals surface area contributed by atoms with E-state index >= 15 is 0 Å². The first-order valence-electron chi connectivity index (χ1n) is 11.2. The van der Waals surface area contributed by atoms with Crippen LogP contribution in [0.15, 0.2) is 47.5 Å². The van der Waals surface area contributed by atoms with Gasteiger partial charge in [0.2, 0.25) is 15.9 Å². The van der Waals surface area contributed by atoms with Crippen molar-refractivity contribution >= 4 is 21.7 Å². The minimum absolute atomic E-state index is 0.0368. The maximum atomic E-state index is 12.4. The summed E-state index contributed by atoms with van der Waals surface area (Å²) in [6.07, 6.45) is 4.50. The Morgan fingerprint density at radius 2 is 1.81 bits per heavy atom. The molecule has 2 aliphatic rings. The fourth-order valence-electron chi connectivity index (χ4n) is 3.74. The summed E-state index contributed by atoms with van der Waals surface area (Å²) in [6, 6.07) is 10.8. The number of sulfonamides is 1. The van der Waals surface area contributed by atoms with E-state index in [1.807, 2.05) is 12.1 Å². The predicted molar refractivity (Wildman–Crippen MR) is 124 cm³/mol. The smallest absolute Gasteiger partial charge is 0.240 e. The van der Waals surface area contributed by atoms with E-state index in [1.165, 1.54) is 0 Å². The number of anilines is 1. The minimum Gasteiger partial charge on any atom is -0.354 e. The molecular weight excluding hydrogens is 426 g/mol. The van der Waals surface area contributed by atoms with Gasteiger partial charge in [-0.1, -0.05) is 18.2 Å². The lowest BCUT2D eigenvalue weighted by Gasteiger charge is -2.34. The van der Waals surface area contributed by atoms with E-state index in [-0.39, 0.29) is 16.8 Å². The Hall–Kier alpha value is -2.49. The number of carbonyl (C=O) groups excluding carboxylic acids is 1. The molecule has 1 aromatic carbocycles. The van der Waals surface area contributed by atoms with Gasteiger partial charge in [-0.2, -0.15) is 0 Å². The molecule has 2 heterocycles. The average Bonchev–Trinajstić information content (AvgIpc) is 3.61. The largest absolute Gasteiger partial charge is 0.354 e. The van der Waals surface area contributed by atoms with Gasteiger partial charge in [0, 0.05) is 56.9 Å². The van der Waals surface area contributed by atoms with Crippen LogP contribution in [-0.2, 0) is 27.8 Å². The summed E-state index contributed by atoms with van der Waals surface area (Å²) in [7, 11) is -1.32. The second-order valence-electron chi connectivity index (χ2n) is 8.59. The molecule has 1 saturated carbocycles. The summed E-state index contributed by atoms with van der Waals surface area (Å²) in [5, 5.41) is 3.00. The van der Waals surface area contributed by atoms with Crippen LogP contribution < -0.4 is 14.9 Å². The zero-order valence-corrected chi connectivity index (χ0v) is 19.3. The van der Waals surface area contributed by atoms with Crippen LogP contribution in [0.3, 0.4) is 0 Å². The van der Waals surface area contributed by atoms with E-state index in [9.17, 15) is 13.2 Å². The number of pyridine rings is 1. The number of aromatic nitrogens is 1. The average molecular weight is 458 g/mol. The molecule has 1 aromatic heterocycles. The molecule has 32 heavy (non-hydrogen) atoms. The SMILES string of the molecule is CN1CCN(c2ncccc2CNC(=O)CCc2ccc(S(=O)(=O)NC3CC3)cc2)CC1. The molecule has 2 N–H and O–H groups in total. The van der Waals surface area contributed by atoms with Gasteiger partial charge in [-0.05, 0) is 50.1 Å². The molecule has 9 heteroatoms. The van der Waals surface area contributed by atoms with Gasteiger partial charge in [0.05, 0.1) is 4.90 Å². The van der Waals surface area contributed by atoms with Gasteiger partial charge in [-0.15, -0.1) is 0 Å². The van der Waals surface area contributed by atoms with Crippen molar-refractivity contribution in [3.05, 3.63) is 53.7 Å². The summed E-state index contributed by atoms with van der Waals surface area (Å²) >= 11 is 0. The summed E-state index contributed by atoms with van der Waals surface area (Å²) in [6.45, 7) is 4.29. The van der Waals surface area contributed by atoms with E-state index in [0.29, 0.717) is 19.4 Å². The van der Waals surface area contributed by atoms with Crippen LogP contribution in [0.2, 0.25) is 0 Å². The molecule has 0 atom stereocenters. The van der Waals surface area contributed by atoms with Gasteiger partial charge in [0.25, 0.3) is 0 Å². The monoisotopic (exact) mass is 457 g/mol. The highest BCUT2D eigenvalue weighted by Crippen LogP contribution is 2.22. The quantitative estimate of drug-likeness (QED) is 0.593. The van der Waals surface area contributed by atoms with E-state index in [1.54, 1.807) is 30.5 Å². The first kappa shape index (κ1) is 22.7. The molecule has 1 saturated heterocycles. The maximum Gasteiger partial charge on any atom is 0.240 e. The molecule has 2 aromatic rings. The molecule has 2 fully saturated rings. The van der Waals surface area contributed by atoms with Gasteiger partial charge in [-0.25, -0.2) is 18.1 Å². The van der Waals surface area contributed by atoms with Crippen molar-refractivity contribution in [2.75, 3.05) is 38.1 Å². The third kappa shape index (κ3) is 6.05. The van der Waals surface area contributed by atoms with Crippen LogP contribution in [0.5, 0.6) is 0 Å². The van der Waals surface area contributed by atoms with E-state index in [4.69, 9.17) is 0 Å². The second-order valence-corrected chi connectivity index (χ2v) is 10.3. The van der Waals surface area contributed by atoms with Crippen LogP contribution in [0, 0.1) is 0 Å². The highest BCUT2D eigenvalue weighted by atomic mass is 32.2. The van der Waals surface area contributed by atoms with Crippen LogP contribution in [-0.4, -0.2) is 63.5 Å². The lowest BCUT2D eigenvalue weighted by atomic mass is 10.1. The molecule has 0 spiro atoms. The second kappa shape index (κ2) is 9.97. The zero-order valence-electron chi connectivity index (χ0n) is 18.5. The van der Waals surface area contributed by atoms with E-state index in [2.05, 4.69) is 31.9 Å². The van der Waals surface area contributed by atoms with Crippen molar-refractivity contribution < 1.29 is 13.2 Å². The topological polar surface area (TPSA) is 94.6 Å². The number of hydrogen-bond donors (Lipinski definition) is 2. The highest BCUT2D eigenvalue weighted by molar-refractivity contribution is 7.89. The predicted octanol–water partition coefficient (Wildman–Crippen LogP) is 1.52. The van der Waals surface area contributed by atoms with Gasteiger partial charge in [0.1, 0.15) is 5.82 Å². The van der Waals surface area contributed by atoms with Crippen molar-refractivity contribution in [2.45, 2.75) is 43.2 Å². The summed E-state index contributed by atoms with van der Waals surface area (Å²) in [4.78, 5) is 21.8. The Morgan fingerprint density at radius 3 is 2.50 bits per heavy atom. The summed E-state index contributed by atoms with van der Waals surface area (Å²) < 4.78 is 27.2. The zero-order chi connectivity index (χ0) is 22.6. The Labute approximate surface area is 190 Å². The molecule has 0 unspecified atom stereocenters. The molecule has 4 rings (SSSR count). The van der Waals surface area contributed by atoms with E-state index in [0.717, 1.165) is 56.0 Å². The van der Waals surface area contributed by atoms with Crippen molar-refractivity contribution in [1.29, 1.82) is 0 Å². The minimum atomic E-state index is -3.44. The first-order valence-corrected chi connectivity index (χ1v) is 12.6. The molecular formula is C23H31N5O3S. The normalized spacial score (nSPS) is 17.3. The third-order valence-electron chi connectivity index (χ3n) is 5.92. The van der Waals surface area contributed by atoms with Crippen LogP contribution in [0.4, 0.5) is 5.82 Å². The number of benzene rings is 1. The van der Waals surface area contributed by atoms with Gasteiger partial charge < -0.3 is 15.1 Å². The Kier molecular flexibility index (Phi) is 7.07. The van der Waals surface area contributed by atoms with Crippen molar-refractivity contribution in [2.24, 2.45) is 0 Å². The Morgan fingerprint density at radius 1 is 1.09 bits per heavy atom. The molecule has 8 nitrogen and oxygen atoms in total. The number of carbonyl (C=O) groups is 1. The van der Waals surface area contributed by atoms with Gasteiger partial charge in [-0.3, -0.25) is 4.79 Å². The van der Waals surface area contributed by atoms with Crippen LogP contribution in [0.1, 0.15) is 30.4 Å². The number of rotatable bonds is 9.